The van der Waals surface area contributed by atoms with Crippen LogP contribution in [-0.4, -0.2) is 23.4 Å². The van der Waals surface area contributed by atoms with Gasteiger partial charge in [0.1, 0.15) is 5.75 Å². The van der Waals surface area contributed by atoms with Crippen molar-refractivity contribution in [1.29, 1.82) is 0 Å². The van der Waals surface area contributed by atoms with Crippen LogP contribution in [0.15, 0.2) is 94.7 Å². The molecule has 3 N–H and O–H groups in total. The van der Waals surface area contributed by atoms with E-state index in [0.717, 1.165) is 24.2 Å². The number of hydrogen-bond acceptors (Lipinski definition) is 6. The predicted molar refractivity (Wildman–Crippen MR) is 230 cm³/mol. The SMILES string of the molecule is CCCCCCCCCCCCOc1ccc(NS(=O)(=O)c2c(C(C)C)cc(C(C)C)c(S(=O)(=O)Nc3ccc(Nc4ccccc4)cc3)c2C(C)C)cc1. The van der Waals surface area contributed by atoms with Gasteiger partial charge in [-0.05, 0) is 102 Å². The average Bonchev–Trinajstić information content (AvgIpc) is 3.14. The van der Waals surface area contributed by atoms with Gasteiger partial charge in [-0.1, -0.05) is 131 Å². The molecule has 0 saturated carbocycles. The van der Waals surface area contributed by atoms with Crippen LogP contribution < -0.4 is 19.5 Å². The van der Waals surface area contributed by atoms with Crippen LogP contribution in [0.3, 0.4) is 0 Å². The largest absolute Gasteiger partial charge is 0.494 e. The fourth-order valence-electron chi connectivity index (χ4n) is 6.82. The summed E-state index contributed by atoms with van der Waals surface area (Å²) in [5, 5.41) is 3.30. The summed E-state index contributed by atoms with van der Waals surface area (Å²) >= 11 is 0. The van der Waals surface area contributed by atoms with Crippen LogP contribution in [0.4, 0.5) is 22.7 Å². The zero-order valence-corrected chi connectivity index (χ0v) is 35.6. The van der Waals surface area contributed by atoms with Crippen molar-refractivity contribution in [2.45, 2.75) is 140 Å². The van der Waals surface area contributed by atoms with E-state index in [1.54, 1.807) is 54.6 Å². The van der Waals surface area contributed by atoms with Crippen molar-refractivity contribution >= 4 is 42.8 Å². The topological polar surface area (TPSA) is 114 Å². The molecule has 55 heavy (non-hydrogen) atoms. The number of rotatable bonds is 23. The first-order chi connectivity index (χ1) is 26.2. The van der Waals surface area contributed by atoms with Gasteiger partial charge in [0.2, 0.25) is 0 Å². The zero-order valence-electron chi connectivity index (χ0n) is 34.0. The third-order valence-corrected chi connectivity index (χ3v) is 12.8. The highest BCUT2D eigenvalue weighted by Gasteiger charge is 2.35. The van der Waals surface area contributed by atoms with E-state index in [9.17, 15) is 16.8 Å². The average molecular weight is 790 g/mol. The normalized spacial score (nSPS) is 12.0. The second kappa shape index (κ2) is 20.8. The summed E-state index contributed by atoms with van der Waals surface area (Å²) in [5.74, 6) is -0.156. The Morgan fingerprint density at radius 2 is 0.927 bits per heavy atom. The van der Waals surface area contributed by atoms with Crippen LogP contribution in [-0.2, 0) is 20.0 Å². The molecule has 0 spiro atoms. The van der Waals surface area contributed by atoms with Gasteiger partial charge in [0.25, 0.3) is 20.0 Å². The monoisotopic (exact) mass is 789 g/mol. The molecule has 8 nitrogen and oxygen atoms in total. The Bertz CT molecular complexity index is 1990. The molecular weight excluding hydrogens is 727 g/mol. The minimum atomic E-state index is -4.24. The van der Waals surface area contributed by atoms with Gasteiger partial charge in [-0.25, -0.2) is 16.8 Å². The first kappa shape index (κ1) is 43.7. The van der Waals surface area contributed by atoms with Crippen molar-refractivity contribution in [1.82, 2.24) is 0 Å². The highest BCUT2D eigenvalue weighted by molar-refractivity contribution is 7.93. The fraction of sp³-hybridized carbons (Fsp3) is 0.467. The van der Waals surface area contributed by atoms with Crippen LogP contribution in [0.25, 0.3) is 0 Å². The first-order valence-electron chi connectivity index (χ1n) is 20.1. The van der Waals surface area contributed by atoms with Crippen molar-refractivity contribution in [2.75, 3.05) is 21.4 Å². The lowest BCUT2D eigenvalue weighted by Crippen LogP contribution is -2.24. The van der Waals surface area contributed by atoms with Crippen molar-refractivity contribution in [2.24, 2.45) is 0 Å². The lowest BCUT2D eigenvalue weighted by molar-refractivity contribution is 0.304. The minimum absolute atomic E-state index is 0.00415. The van der Waals surface area contributed by atoms with Gasteiger partial charge in [-0.3, -0.25) is 9.44 Å². The summed E-state index contributed by atoms with van der Waals surface area (Å²) < 4.78 is 69.3. The summed E-state index contributed by atoms with van der Waals surface area (Å²) in [7, 11) is -8.48. The van der Waals surface area contributed by atoms with E-state index in [1.165, 1.54) is 51.4 Å². The molecule has 0 bridgehead atoms. The molecule has 0 amide bonds. The van der Waals surface area contributed by atoms with Crippen LogP contribution in [0.2, 0.25) is 0 Å². The Morgan fingerprint density at radius 3 is 1.38 bits per heavy atom. The maximum Gasteiger partial charge on any atom is 0.262 e. The summed E-state index contributed by atoms with van der Waals surface area (Å²) in [6.07, 6.45) is 12.5. The van der Waals surface area contributed by atoms with Gasteiger partial charge in [-0.2, -0.15) is 0 Å². The molecule has 300 valence electrons. The number of nitrogens with one attached hydrogen (secondary N) is 3. The van der Waals surface area contributed by atoms with Gasteiger partial charge < -0.3 is 10.1 Å². The van der Waals surface area contributed by atoms with E-state index >= 15 is 0 Å². The van der Waals surface area contributed by atoms with Crippen LogP contribution in [0.5, 0.6) is 5.75 Å². The number of ether oxygens (including phenoxy) is 1. The number of anilines is 4. The van der Waals surface area contributed by atoms with Crippen LogP contribution in [0, 0.1) is 0 Å². The number of sulfonamides is 2. The van der Waals surface area contributed by atoms with E-state index in [1.807, 2.05) is 71.9 Å². The highest BCUT2D eigenvalue weighted by Crippen LogP contribution is 2.42. The van der Waals surface area contributed by atoms with E-state index in [0.29, 0.717) is 34.9 Å². The number of unbranched alkanes of at least 4 members (excludes halogenated alkanes) is 9. The van der Waals surface area contributed by atoms with Gasteiger partial charge in [-0.15, -0.1) is 0 Å². The first-order valence-corrected chi connectivity index (χ1v) is 23.1. The lowest BCUT2D eigenvalue weighted by Gasteiger charge is -2.27. The molecule has 0 aliphatic heterocycles. The molecular formula is C45H63N3O5S2. The summed E-state index contributed by atoms with van der Waals surface area (Å²) in [4.78, 5) is 0.00968. The molecule has 0 aliphatic rings. The molecule has 0 heterocycles. The molecule has 4 aromatic rings. The van der Waals surface area contributed by atoms with Gasteiger partial charge in [0.05, 0.1) is 16.4 Å². The van der Waals surface area contributed by atoms with Crippen LogP contribution >= 0.6 is 0 Å². The Kier molecular flexibility index (Phi) is 16.5. The number of benzene rings is 4. The molecule has 0 aromatic heterocycles. The molecule has 0 unspecified atom stereocenters. The third kappa shape index (κ3) is 12.8. The van der Waals surface area contributed by atoms with Gasteiger partial charge in [0.15, 0.2) is 0 Å². The molecule has 0 aliphatic carbocycles. The van der Waals surface area contributed by atoms with Crippen molar-refractivity contribution < 1.29 is 21.6 Å². The smallest absolute Gasteiger partial charge is 0.262 e. The second-order valence-electron chi connectivity index (χ2n) is 15.4. The molecule has 0 radical (unpaired) electrons. The summed E-state index contributed by atoms with van der Waals surface area (Å²) in [5.41, 5.74) is 3.87. The maximum atomic E-state index is 14.5. The molecule has 0 fully saturated rings. The third-order valence-electron chi connectivity index (χ3n) is 9.76. The standard InChI is InChI=1S/C45H63N3O5S2/c1-8-9-10-11-12-13-14-15-16-20-31-53-40-29-27-39(28-30-40)48-55(51,52)45-42(34(4)5)32-41(33(2)3)44(43(45)35(6)7)54(49,50)47-38-25-23-37(24-26-38)46-36-21-18-17-19-22-36/h17-19,21-30,32-35,46-48H,8-16,20,31H2,1-7H3. The van der Waals surface area contributed by atoms with Gasteiger partial charge >= 0.3 is 0 Å². The fourth-order valence-corrected chi connectivity index (χ4v) is 10.4. The number of para-hydroxylation sites is 1. The summed E-state index contributed by atoms with van der Waals surface area (Å²) in [6, 6.07) is 25.4. The van der Waals surface area contributed by atoms with Crippen molar-refractivity contribution in [3.63, 3.8) is 0 Å². The predicted octanol–water partition coefficient (Wildman–Crippen LogP) is 12.7. The second-order valence-corrected chi connectivity index (χ2v) is 18.7. The van der Waals surface area contributed by atoms with E-state index in [-0.39, 0.29) is 27.2 Å². The van der Waals surface area contributed by atoms with Crippen LogP contribution in [0.1, 0.15) is 147 Å². The minimum Gasteiger partial charge on any atom is -0.494 e. The lowest BCUT2D eigenvalue weighted by atomic mass is 9.89. The quantitative estimate of drug-likeness (QED) is 0.0645. The molecule has 0 atom stereocenters. The van der Waals surface area contributed by atoms with E-state index in [2.05, 4.69) is 21.7 Å². The van der Waals surface area contributed by atoms with Gasteiger partial charge in [0, 0.05) is 22.7 Å². The molecule has 4 aromatic carbocycles. The molecule has 0 saturated heterocycles. The summed E-state index contributed by atoms with van der Waals surface area (Å²) in [6.45, 7) is 14.3. The Morgan fingerprint density at radius 1 is 0.509 bits per heavy atom. The zero-order chi connectivity index (χ0) is 40.0. The van der Waals surface area contributed by atoms with E-state index < -0.39 is 26.0 Å². The Labute approximate surface area is 332 Å². The van der Waals surface area contributed by atoms with Crippen molar-refractivity contribution in [3.8, 4) is 5.75 Å². The number of hydrogen-bond donors (Lipinski definition) is 3. The Hall–Kier alpha value is -4.02. The molecule has 10 heteroatoms. The van der Waals surface area contributed by atoms with Crippen molar-refractivity contribution in [3.05, 3.63) is 102 Å². The van der Waals surface area contributed by atoms with E-state index in [4.69, 9.17) is 4.74 Å². The Balaban J connectivity index is 1.54. The molecule has 4 rings (SSSR count). The maximum absolute atomic E-state index is 14.5. The highest BCUT2D eigenvalue weighted by atomic mass is 32.2.